The van der Waals surface area contributed by atoms with Gasteiger partial charge in [-0.15, -0.1) is 0 Å². The number of hydrogen-bond donors (Lipinski definition) is 4. The van der Waals surface area contributed by atoms with Gasteiger partial charge in [0.2, 0.25) is 0 Å². The first kappa shape index (κ1) is 13.2. The highest BCUT2D eigenvalue weighted by Gasteiger charge is 2.44. The van der Waals surface area contributed by atoms with Crippen molar-refractivity contribution < 1.29 is 20.1 Å². The number of anilines is 1. The van der Waals surface area contributed by atoms with Gasteiger partial charge in [-0.3, -0.25) is 4.57 Å². The molecule has 2 aromatic rings. The molecule has 3 heterocycles. The van der Waals surface area contributed by atoms with Crippen molar-refractivity contribution in [2.75, 3.05) is 19.0 Å². The second kappa shape index (κ2) is 4.94. The van der Waals surface area contributed by atoms with Gasteiger partial charge in [-0.05, 0) is 0 Å². The zero-order chi connectivity index (χ0) is 14.3. The molecule has 0 saturated carbocycles. The summed E-state index contributed by atoms with van der Waals surface area (Å²) in [5.74, 6) is 0.533. The molecule has 3 rings (SSSR count). The molecule has 0 radical (unpaired) electrons. The lowest BCUT2D eigenvalue weighted by Crippen LogP contribution is -2.33. The van der Waals surface area contributed by atoms with Gasteiger partial charge in [0.05, 0.1) is 6.61 Å². The predicted octanol–water partition coefficient (Wildman–Crippen LogP) is -1.52. The van der Waals surface area contributed by atoms with Crippen LogP contribution in [0.25, 0.3) is 11.2 Å². The van der Waals surface area contributed by atoms with E-state index in [1.807, 2.05) is 0 Å². The standard InChI is InChI=1S/C11H15N5O4/c1-12-9-6-10(14-3-13-9)15-4-16(6)11-8(19)7(18)5(2-17)20-11/h3-5,7-8,11,17-19H,2H2,1H3,(H,12,13,14)/t5-,7+,8+,11+/m0/s1. The molecule has 1 fully saturated rings. The first-order chi connectivity index (χ1) is 9.67. The van der Waals surface area contributed by atoms with Crippen LogP contribution in [0.4, 0.5) is 5.82 Å². The number of aromatic nitrogens is 4. The Kier molecular flexibility index (Phi) is 3.26. The number of aliphatic hydroxyl groups is 3. The van der Waals surface area contributed by atoms with Crippen molar-refractivity contribution in [1.29, 1.82) is 0 Å². The Labute approximate surface area is 113 Å². The molecule has 2 aromatic heterocycles. The van der Waals surface area contributed by atoms with E-state index >= 15 is 0 Å². The molecule has 9 heteroatoms. The Morgan fingerprint density at radius 2 is 2.10 bits per heavy atom. The smallest absolute Gasteiger partial charge is 0.183 e. The molecular weight excluding hydrogens is 266 g/mol. The number of nitrogens with one attached hydrogen (secondary N) is 1. The van der Waals surface area contributed by atoms with Crippen LogP contribution in [0, 0.1) is 0 Å². The molecule has 0 bridgehead atoms. The number of ether oxygens (including phenoxy) is 1. The number of rotatable bonds is 3. The van der Waals surface area contributed by atoms with Gasteiger partial charge in [-0.25, -0.2) is 15.0 Å². The molecule has 0 aromatic carbocycles. The summed E-state index contributed by atoms with van der Waals surface area (Å²) < 4.78 is 7.02. The van der Waals surface area contributed by atoms with E-state index in [-0.39, 0.29) is 6.61 Å². The van der Waals surface area contributed by atoms with Gasteiger partial charge in [-0.2, -0.15) is 0 Å². The predicted molar refractivity (Wildman–Crippen MR) is 67.9 cm³/mol. The van der Waals surface area contributed by atoms with E-state index in [0.29, 0.717) is 17.0 Å². The summed E-state index contributed by atoms with van der Waals surface area (Å²) in [6, 6.07) is 0. The Bertz CT molecular complexity index is 618. The fourth-order valence-electron chi connectivity index (χ4n) is 2.36. The van der Waals surface area contributed by atoms with E-state index in [4.69, 9.17) is 9.84 Å². The molecule has 20 heavy (non-hydrogen) atoms. The highest BCUT2D eigenvalue weighted by atomic mass is 16.6. The Morgan fingerprint density at radius 1 is 1.30 bits per heavy atom. The Hall–Kier alpha value is -1.81. The molecule has 4 N–H and O–H groups in total. The minimum absolute atomic E-state index is 0.378. The third kappa shape index (κ3) is 1.83. The SMILES string of the molecule is CNc1ncnc2ncn([C@@H]3O[C@@H](CO)[C@@H](O)[C@H]3O)c12. The van der Waals surface area contributed by atoms with Crippen LogP contribution in [0.2, 0.25) is 0 Å². The van der Waals surface area contributed by atoms with Crippen LogP contribution in [0.15, 0.2) is 12.7 Å². The average molecular weight is 281 g/mol. The lowest BCUT2D eigenvalue weighted by molar-refractivity contribution is -0.0508. The molecule has 0 unspecified atom stereocenters. The minimum atomic E-state index is -1.17. The van der Waals surface area contributed by atoms with E-state index in [2.05, 4.69) is 20.3 Å². The van der Waals surface area contributed by atoms with E-state index in [0.717, 1.165) is 0 Å². The van der Waals surface area contributed by atoms with Crippen molar-refractivity contribution in [2.24, 2.45) is 0 Å². The van der Waals surface area contributed by atoms with Crippen molar-refractivity contribution in [3.05, 3.63) is 12.7 Å². The van der Waals surface area contributed by atoms with Crippen molar-refractivity contribution in [2.45, 2.75) is 24.5 Å². The number of nitrogens with zero attached hydrogens (tertiary/aromatic N) is 4. The van der Waals surface area contributed by atoms with Gasteiger partial charge in [0.25, 0.3) is 0 Å². The number of imidazole rings is 1. The topological polar surface area (TPSA) is 126 Å². The second-order valence-corrected chi connectivity index (χ2v) is 4.53. The second-order valence-electron chi connectivity index (χ2n) is 4.53. The van der Waals surface area contributed by atoms with Crippen LogP contribution in [0.1, 0.15) is 6.23 Å². The first-order valence-corrected chi connectivity index (χ1v) is 6.15. The van der Waals surface area contributed by atoms with Crippen molar-refractivity contribution in [3.63, 3.8) is 0 Å². The lowest BCUT2D eigenvalue weighted by Gasteiger charge is -2.17. The third-order valence-corrected chi connectivity index (χ3v) is 3.39. The Morgan fingerprint density at radius 3 is 2.75 bits per heavy atom. The zero-order valence-corrected chi connectivity index (χ0v) is 10.7. The van der Waals surface area contributed by atoms with Crippen LogP contribution in [0.3, 0.4) is 0 Å². The number of aliphatic hydroxyl groups excluding tert-OH is 3. The van der Waals surface area contributed by atoms with Gasteiger partial charge in [0.15, 0.2) is 17.7 Å². The first-order valence-electron chi connectivity index (χ1n) is 6.15. The van der Waals surface area contributed by atoms with Crippen molar-refractivity contribution >= 4 is 17.0 Å². The maximum absolute atomic E-state index is 10.1. The molecule has 108 valence electrons. The van der Waals surface area contributed by atoms with Gasteiger partial charge < -0.3 is 25.4 Å². The summed E-state index contributed by atoms with van der Waals surface area (Å²) in [5.41, 5.74) is 1.01. The fraction of sp³-hybridized carbons (Fsp3) is 0.545. The summed E-state index contributed by atoms with van der Waals surface area (Å²) in [6.45, 7) is -0.378. The summed E-state index contributed by atoms with van der Waals surface area (Å²) >= 11 is 0. The monoisotopic (exact) mass is 281 g/mol. The third-order valence-electron chi connectivity index (χ3n) is 3.39. The molecule has 4 atom stereocenters. The summed E-state index contributed by atoms with van der Waals surface area (Å²) in [6.07, 6.45) is -1.19. The molecular formula is C11H15N5O4. The molecule has 1 aliphatic heterocycles. The molecule has 0 spiro atoms. The van der Waals surface area contributed by atoms with Crippen molar-refractivity contribution in [1.82, 2.24) is 19.5 Å². The molecule has 0 amide bonds. The highest BCUT2D eigenvalue weighted by molar-refractivity contribution is 5.82. The largest absolute Gasteiger partial charge is 0.394 e. The fourth-order valence-corrected chi connectivity index (χ4v) is 2.36. The van der Waals surface area contributed by atoms with Crippen LogP contribution in [0.5, 0.6) is 0 Å². The normalized spacial score (nSPS) is 30.0. The van der Waals surface area contributed by atoms with E-state index in [9.17, 15) is 10.2 Å². The summed E-state index contributed by atoms with van der Waals surface area (Å²) in [5, 5.41) is 31.9. The van der Waals surface area contributed by atoms with E-state index in [1.54, 1.807) is 11.6 Å². The molecule has 9 nitrogen and oxygen atoms in total. The number of fused-ring (bicyclic) bond motifs is 1. The molecule has 1 aliphatic rings. The van der Waals surface area contributed by atoms with Gasteiger partial charge in [0.1, 0.15) is 36.5 Å². The summed E-state index contributed by atoms with van der Waals surface area (Å²) in [4.78, 5) is 12.2. The molecule has 0 aliphatic carbocycles. The van der Waals surface area contributed by atoms with Crippen molar-refractivity contribution in [3.8, 4) is 0 Å². The van der Waals surface area contributed by atoms with Gasteiger partial charge >= 0.3 is 0 Å². The van der Waals surface area contributed by atoms with Crippen LogP contribution in [-0.4, -0.2) is 66.8 Å². The number of hydrogen-bond acceptors (Lipinski definition) is 8. The van der Waals surface area contributed by atoms with Gasteiger partial charge in [0, 0.05) is 7.05 Å². The average Bonchev–Trinajstić information content (AvgIpc) is 3.01. The maximum atomic E-state index is 10.1. The molecule has 1 saturated heterocycles. The van der Waals surface area contributed by atoms with Crippen LogP contribution >= 0.6 is 0 Å². The van der Waals surface area contributed by atoms with Crippen LogP contribution in [-0.2, 0) is 4.74 Å². The lowest BCUT2D eigenvalue weighted by atomic mass is 10.1. The quantitative estimate of drug-likeness (QED) is 0.534. The summed E-state index contributed by atoms with van der Waals surface area (Å²) in [7, 11) is 1.70. The zero-order valence-electron chi connectivity index (χ0n) is 10.7. The highest BCUT2D eigenvalue weighted by Crippen LogP contribution is 2.32. The van der Waals surface area contributed by atoms with E-state index < -0.39 is 24.5 Å². The maximum Gasteiger partial charge on any atom is 0.183 e. The van der Waals surface area contributed by atoms with E-state index in [1.165, 1.54) is 12.7 Å². The Balaban J connectivity index is 2.07. The minimum Gasteiger partial charge on any atom is -0.394 e. The van der Waals surface area contributed by atoms with Gasteiger partial charge in [-0.1, -0.05) is 0 Å². The van der Waals surface area contributed by atoms with Crippen LogP contribution < -0.4 is 5.32 Å².